The molecule has 0 aliphatic rings. The van der Waals surface area contributed by atoms with Gasteiger partial charge in [0.15, 0.2) is 11.5 Å². The van der Waals surface area contributed by atoms with E-state index in [9.17, 15) is 18.8 Å². The molecule has 0 radical (unpaired) electrons. The molecule has 0 unspecified atom stereocenters. The number of halogens is 1. The van der Waals surface area contributed by atoms with Crippen LogP contribution in [-0.2, 0) is 17.9 Å². The van der Waals surface area contributed by atoms with E-state index in [4.69, 9.17) is 9.47 Å². The van der Waals surface area contributed by atoms with Gasteiger partial charge in [-0.2, -0.15) is 0 Å². The van der Waals surface area contributed by atoms with E-state index < -0.39 is 23.0 Å². The number of hydrogen-bond acceptors (Lipinski definition) is 6. The number of methoxy groups -OCH3 is 2. The van der Waals surface area contributed by atoms with Crippen LogP contribution in [0.3, 0.4) is 0 Å². The van der Waals surface area contributed by atoms with Crippen molar-refractivity contribution >= 4 is 27.5 Å². The molecule has 2 heterocycles. The Kier molecular flexibility index (Phi) is 6.51. The first kappa shape index (κ1) is 23.2. The van der Waals surface area contributed by atoms with E-state index in [1.54, 1.807) is 36.6 Å². The van der Waals surface area contributed by atoms with Crippen LogP contribution in [0.4, 0.5) is 4.39 Å². The molecule has 0 spiro atoms. The number of aryl methyl sites for hydroxylation is 1. The number of ether oxygens (including phenoxy) is 2. The molecule has 1 N–H and O–H groups in total. The van der Waals surface area contributed by atoms with Crippen LogP contribution >= 0.6 is 11.3 Å². The zero-order chi connectivity index (χ0) is 24.4. The van der Waals surface area contributed by atoms with Gasteiger partial charge in [0.2, 0.25) is 5.91 Å². The van der Waals surface area contributed by atoms with Crippen molar-refractivity contribution < 1.29 is 18.7 Å². The molecule has 0 saturated carbocycles. The van der Waals surface area contributed by atoms with Crippen LogP contribution in [0.25, 0.3) is 15.9 Å². The van der Waals surface area contributed by atoms with Crippen molar-refractivity contribution in [3.05, 3.63) is 85.6 Å². The van der Waals surface area contributed by atoms with E-state index >= 15 is 0 Å². The number of carbonyl (C=O) groups excluding carboxylic acids is 1. The molecule has 0 saturated heterocycles. The Labute approximate surface area is 197 Å². The lowest BCUT2D eigenvalue weighted by atomic mass is 10.2. The number of carbonyl (C=O) groups is 1. The number of nitrogens with zero attached hydrogens (tertiary/aromatic N) is 2. The minimum atomic E-state index is -0.684. The van der Waals surface area contributed by atoms with E-state index in [-0.39, 0.29) is 18.8 Å². The molecular weight excluding hydrogens is 461 g/mol. The average molecular weight is 484 g/mol. The third-order valence-corrected chi connectivity index (χ3v) is 6.31. The van der Waals surface area contributed by atoms with Gasteiger partial charge in [0.05, 0.1) is 25.4 Å². The summed E-state index contributed by atoms with van der Waals surface area (Å²) < 4.78 is 26.9. The van der Waals surface area contributed by atoms with Crippen molar-refractivity contribution in [3.63, 3.8) is 0 Å². The molecule has 0 fully saturated rings. The summed E-state index contributed by atoms with van der Waals surface area (Å²) in [6.07, 6.45) is 0. The van der Waals surface area contributed by atoms with Crippen LogP contribution < -0.4 is 26.0 Å². The van der Waals surface area contributed by atoms with Gasteiger partial charge in [-0.1, -0.05) is 12.1 Å². The Hall–Kier alpha value is -3.92. The number of fused-ring (bicyclic) bond motifs is 1. The molecule has 0 atom stereocenters. The van der Waals surface area contributed by atoms with Crippen molar-refractivity contribution in [1.29, 1.82) is 0 Å². The van der Waals surface area contributed by atoms with Crippen LogP contribution in [0.2, 0.25) is 0 Å². The van der Waals surface area contributed by atoms with Gasteiger partial charge in [-0.3, -0.25) is 14.2 Å². The molecule has 34 heavy (non-hydrogen) atoms. The Balaban J connectivity index is 1.68. The number of benzene rings is 2. The third kappa shape index (κ3) is 4.19. The summed E-state index contributed by atoms with van der Waals surface area (Å²) in [6.45, 7) is 1.39. The summed E-state index contributed by atoms with van der Waals surface area (Å²) in [5.74, 6) is 0.164. The smallest absolute Gasteiger partial charge is 0.336 e. The van der Waals surface area contributed by atoms with E-state index in [1.165, 1.54) is 48.3 Å². The molecule has 0 bridgehead atoms. The molecule has 176 valence electrons. The molecule has 10 heteroatoms. The van der Waals surface area contributed by atoms with Gasteiger partial charge in [0.25, 0.3) is 5.56 Å². The van der Waals surface area contributed by atoms with E-state index in [0.717, 1.165) is 4.57 Å². The number of amides is 1. The Morgan fingerprint density at radius 3 is 2.62 bits per heavy atom. The molecule has 2 aromatic heterocycles. The molecule has 4 aromatic rings. The molecule has 4 rings (SSSR count). The quantitative estimate of drug-likeness (QED) is 0.436. The predicted octanol–water partition coefficient (Wildman–Crippen LogP) is 3.00. The first-order chi connectivity index (χ1) is 16.3. The summed E-state index contributed by atoms with van der Waals surface area (Å²) in [4.78, 5) is 39.2. The van der Waals surface area contributed by atoms with Crippen LogP contribution in [-0.4, -0.2) is 29.3 Å². The lowest BCUT2D eigenvalue weighted by Crippen LogP contribution is -2.41. The van der Waals surface area contributed by atoms with Crippen LogP contribution in [0, 0.1) is 12.7 Å². The Morgan fingerprint density at radius 1 is 1.12 bits per heavy atom. The van der Waals surface area contributed by atoms with Crippen molar-refractivity contribution in [2.24, 2.45) is 0 Å². The first-order valence-corrected chi connectivity index (χ1v) is 11.2. The van der Waals surface area contributed by atoms with Crippen LogP contribution in [0.15, 0.2) is 57.4 Å². The van der Waals surface area contributed by atoms with Crippen molar-refractivity contribution in [3.8, 4) is 17.2 Å². The average Bonchev–Trinajstić information content (AvgIpc) is 3.32. The molecule has 2 aromatic carbocycles. The number of aromatic nitrogens is 2. The van der Waals surface area contributed by atoms with Gasteiger partial charge < -0.3 is 14.8 Å². The molecule has 0 aliphatic carbocycles. The number of thiophene rings is 1. The maximum absolute atomic E-state index is 13.8. The topological polar surface area (TPSA) is 91.6 Å². The van der Waals surface area contributed by atoms with Crippen molar-refractivity contribution in [1.82, 2.24) is 14.5 Å². The summed E-state index contributed by atoms with van der Waals surface area (Å²) in [7, 11) is 3.03. The number of nitrogens with one attached hydrogen (secondary N) is 1. The zero-order valence-electron chi connectivity index (χ0n) is 18.8. The van der Waals surface area contributed by atoms with Gasteiger partial charge in [-0.05, 0) is 48.2 Å². The summed E-state index contributed by atoms with van der Waals surface area (Å²) in [6, 6.07) is 10.9. The van der Waals surface area contributed by atoms with Crippen molar-refractivity contribution in [2.45, 2.75) is 20.0 Å². The van der Waals surface area contributed by atoms with Crippen LogP contribution in [0.1, 0.15) is 11.1 Å². The fraction of sp³-hybridized carbons (Fsp3) is 0.208. The highest BCUT2D eigenvalue weighted by atomic mass is 32.1. The highest BCUT2D eigenvalue weighted by Crippen LogP contribution is 2.30. The predicted molar refractivity (Wildman–Crippen MR) is 128 cm³/mol. The molecule has 0 aliphatic heterocycles. The monoisotopic (exact) mass is 483 g/mol. The van der Waals surface area contributed by atoms with Gasteiger partial charge in [-0.25, -0.2) is 13.8 Å². The summed E-state index contributed by atoms with van der Waals surface area (Å²) >= 11 is 1.17. The third-order valence-electron chi connectivity index (χ3n) is 5.42. The lowest BCUT2D eigenvalue weighted by Gasteiger charge is -2.15. The standard InChI is InChI=1S/C24H22FN3O5S/c1-14-11-16(7-8-17(14)25)28-23(30)22-18(9-10-34-22)27(24(28)31)13-20(29)26-12-15-5-4-6-19(32-2)21(15)33-3/h4-11H,12-13H2,1-3H3,(H,26,29). The number of para-hydroxylation sites is 1. The minimum Gasteiger partial charge on any atom is -0.493 e. The molecule has 8 nitrogen and oxygen atoms in total. The van der Waals surface area contributed by atoms with E-state index in [1.807, 2.05) is 0 Å². The Bertz CT molecular complexity index is 1510. The second-order valence-corrected chi connectivity index (χ2v) is 8.42. The maximum atomic E-state index is 13.8. The largest absolute Gasteiger partial charge is 0.493 e. The van der Waals surface area contributed by atoms with Gasteiger partial charge in [0.1, 0.15) is 17.1 Å². The first-order valence-electron chi connectivity index (χ1n) is 10.3. The summed E-state index contributed by atoms with van der Waals surface area (Å²) in [5, 5.41) is 4.46. The maximum Gasteiger partial charge on any atom is 0.336 e. The highest BCUT2D eigenvalue weighted by molar-refractivity contribution is 7.17. The van der Waals surface area contributed by atoms with Crippen molar-refractivity contribution in [2.75, 3.05) is 14.2 Å². The second kappa shape index (κ2) is 9.52. The fourth-order valence-electron chi connectivity index (χ4n) is 3.72. The second-order valence-electron chi connectivity index (χ2n) is 7.51. The SMILES string of the molecule is COc1cccc(CNC(=O)Cn2c(=O)n(-c3ccc(F)c(C)c3)c(=O)c3sccc32)c1OC. The number of rotatable bonds is 7. The lowest BCUT2D eigenvalue weighted by molar-refractivity contribution is -0.121. The van der Waals surface area contributed by atoms with E-state index in [2.05, 4.69) is 5.32 Å². The van der Waals surface area contributed by atoms with Gasteiger partial charge >= 0.3 is 5.69 Å². The zero-order valence-corrected chi connectivity index (χ0v) is 19.6. The minimum absolute atomic E-state index is 0.150. The van der Waals surface area contributed by atoms with E-state index in [0.29, 0.717) is 32.8 Å². The van der Waals surface area contributed by atoms with Crippen LogP contribution in [0.5, 0.6) is 11.5 Å². The van der Waals surface area contributed by atoms with Gasteiger partial charge in [-0.15, -0.1) is 11.3 Å². The number of hydrogen-bond donors (Lipinski definition) is 1. The molecular formula is C24H22FN3O5S. The highest BCUT2D eigenvalue weighted by Gasteiger charge is 2.18. The normalized spacial score (nSPS) is 10.9. The van der Waals surface area contributed by atoms with Gasteiger partial charge in [0, 0.05) is 12.1 Å². The summed E-state index contributed by atoms with van der Waals surface area (Å²) in [5.41, 5.74) is 0.403. The Morgan fingerprint density at radius 2 is 1.91 bits per heavy atom. The fourth-order valence-corrected chi connectivity index (χ4v) is 4.55. The molecule has 1 amide bonds.